The molecular formula is C14H14N4O2. The minimum absolute atomic E-state index is 0.244. The fourth-order valence-electron chi connectivity index (χ4n) is 2.10. The second-order valence-corrected chi connectivity index (χ2v) is 4.30. The van der Waals surface area contributed by atoms with Gasteiger partial charge in [-0.25, -0.2) is 5.84 Å². The molecule has 1 aliphatic rings. The molecule has 0 amide bonds. The number of hydrogen-bond donors (Lipinski definition) is 3. The maximum absolute atomic E-state index is 5.50. The molecule has 1 aliphatic heterocycles. The summed E-state index contributed by atoms with van der Waals surface area (Å²) in [5.41, 5.74) is 5.09. The van der Waals surface area contributed by atoms with Crippen LogP contribution in [-0.4, -0.2) is 5.71 Å². The third-order valence-electron chi connectivity index (χ3n) is 3.12. The first-order valence-corrected chi connectivity index (χ1v) is 6.08. The molecule has 1 aromatic heterocycles. The number of hydrazine groups is 1. The van der Waals surface area contributed by atoms with Gasteiger partial charge in [-0.2, -0.15) is 5.10 Å². The van der Waals surface area contributed by atoms with Gasteiger partial charge < -0.3 is 15.0 Å². The Morgan fingerprint density at radius 2 is 1.90 bits per heavy atom. The number of rotatable bonds is 3. The normalized spacial score (nSPS) is 19.2. The predicted octanol–water partition coefficient (Wildman–Crippen LogP) is 2.13. The van der Waals surface area contributed by atoms with Crippen LogP contribution in [-0.2, 0) is 4.74 Å². The molecule has 0 aliphatic carbocycles. The molecule has 0 saturated carbocycles. The van der Waals surface area contributed by atoms with Gasteiger partial charge in [0.25, 0.3) is 0 Å². The largest absolute Gasteiger partial charge is 0.487 e. The number of ether oxygens (including phenoxy) is 1. The van der Waals surface area contributed by atoms with Gasteiger partial charge in [0.2, 0.25) is 5.88 Å². The molecule has 20 heavy (non-hydrogen) atoms. The number of nitrogens with zero attached hydrogens (tertiary/aromatic N) is 1. The Kier molecular flexibility index (Phi) is 3.14. The average molecular weight is 270 g/mol. The zero-order valence-electron chi connectivity index (χ0n) is 10.6. The molecule has 2 heterocycles. The molecule has 1 aromatic carbocycles. The lowest BCUT2D eigenvalue weighted by molar-refractivity contribution is 0.220. The lowest BCUT2D eigenvalue weighted by Crippen LogP contribution is -2.09. The lowest BCUT2D eigenvalue weighted by Gasteiger charge is -2.11. The van der Waals surface area contributed by atoms with Gasteiger partial charge >= 0.3 is 0 Å². The first-order valence-electron chi connectivity index (χ1n) is 6.08. The second-order valence-electron chi connectivity index (χ2n) is 4.30. The smallest absolute Gasteiger partial charge is 0.207 e. The number of nitrogen functional groups attached to an aromatic ring is 1. The summed E-state index contributed by atoms with van der Waals surface area (Å²) in [6.07, 6.45) is 3.10. The fraction of sp³-hybridized carbons (Fsp3) is 0.0714. The van der Waals surface area contributed by atoms with Gasteiger partial charge in [-0.15, -0.1) is 0 Å². The van der Waals surface area contributed by atoms with Crippen LogP contribution in [0.2, 0.25) is 0 Å². The summed E-state index contributed by atoms with van der Waals surface area (Å²) in [5, 5.41) is 3.70. The van der Waals surface area contributed by atoms with Crippen LogP contribution in [0.25, 0.3) is 11.3 Å². The van der Waals surface area contributed by atoms with Gasteiger partial charge in [-0.05, 0) is 11.6 Å². The van der Waals surface area contributed by atoms with E-state index in [1.807, 2.05) is 30.3 Å². The summed E-state index contributed by atoms with van der Waals surface area (Å²) in [5.74, 6) is 11.9. The zero-order chi connectivity index (χ0) is 13.9. The van der Waals surface area contributed by atoms with E-state index >= 15 is 0 Å². The van der Waals surface area contributed by atoms with E-state index in [1.54, 1.807) is 18.4 Å². The van der Waals surface area contributed by atoms with Crippen LogP contribution in [0.15, 0.2) is 58.3 Å². The van der Waals surface area contributed by atoms with E-state index in [2.05, 4.69) is 10.5 Å². The molecule has 102 valence electrons. The van der Waals surface area contributed by atoms with Crippen molar-refractivity contribution in [1.82, 2.24) is 0 Å². The van der Waals surface area contributed by atoms with Gasteiger partial charge in [-0.1, -0.05) is 24.3 Å². The number of furan rings is 1. The Bertz CT molecular complexity index is 658. The first kappa shape index (κ1) is 12.3. The van der Waals surface area contributed by atoms with Crippen molar-refractivity contribution in [3.8, 4) is 11.3 Å². The van der Waals surface area contributed by atoms with Gasteiger partial charge in [0.15, 0.2) is 6.10 Å². The summed E-state index contributed by atoms with van der Waals surface area (Å²) in [6.45, 7) is 0. The van der Waals surface area contributed by atoms with E-state index in [0.717, 1.165) is 16.9 Å². The van der Waals surface area contributed by atoms with Crippen molar-refractivity contribution < 1.29 is 9.15 Å². The standard InChI is InChI=1S/C14H14N4O2/c15-17-11-7-8-19-14(11)10-3-1-9(2-4-10)12-5-6-13(18-16)20-12/h1-8,14,18H,15-16H2. The monoisotopic (exact) mass is 270 g/mol. The van der Waals surface area contributed by atoms with Gasteiger partial charge in [0.1, 0.15) is 11.5 Å². The number of anilines is 1. The summed E-state index contributed by atoms with van der Waals surface area (Å²) in [4.78, 5) is 0. The zero-order valence-corrected chi connectivity index (χ0v) is 10.6. The Hall–Kier alpha value is -2.73. The van der Waals surface area contributed by atoms with Crippen LogP contribution in [0, 0.1) is 0 Å². The second kappa shape index (κ2) is 5.10. The molecule has 0 spiro atoms. The van der Waals surface area contributed by atoms with Gasteiger partial charge in [-0.3, -0.25) is 5.43 Å². The van der Waals surface area contributed by atoms with Crippen molar-refractivity contribution in [2.75, 3.05) is 5.43 Å². The summed E-state index contributed by atoms with van der Waals surface area (Å²) in [7, 11) is 0. The highest BCUT2D eigenvalue weighted by molar-refractivity contribution is 6.00. The average Bonchev–Trinajstić information content (AvgIpc) is 3.16. The van der Waals surface area contributed by atoms with Crippen LogP contribution in [0.3, 0.4) is 0 Å². The number of hydrazone groups is 1. The van der Waals surface area contributed by atoms with Crippen molar-refractivity contribution in [3.05, 3.63) is 54.3 Å². The maximum atomic E-state index is 5.50. The summed E-state index contributed by atoms with van der Waals surface area (Å²) >= 11 is 0. The topological polar surface area (TPSA) is 98.8 Å². The van der Waals surface area contributed by atoms with E-state index in [1.165, 1.54) is 0 Å². The van der Waals surface area contributed by atoms with Gasteiger partial charge in [0.05, 0.1) is 6.26 Å². The molecule has 0 bridgehead atoms. The van der Waals surface area contributed by atoms with Crippen molar-refractivity contribution in [1.29, 1.82) is 0 Å². The lowest BCUT2D eigenvalue weighted by atomic mass is 10.0. The van der Waals surface area contributed by atoms with Crippen molar-refractivity contribution >= 4 is 11.6 Å². The van der Waals surface area contributed by atoms with E-state index in [-0.39, 0.29) is 6.10 Å². The minimum Gasteiger partial charge on any atom is -0.487 e. The molecule has 0 radical (unpaired) electrons. The van der Waals surface area contributed by atoms with Crippen LogP contribution in [0.5, 0.6) is 0 Å². The molecule has 1 atom stereocenters. The summed E-state index contributed by atoms with van der Waals surface area (Å²) < 4.78 is 11.0. The molecule has 3 rings (SSSR count). The first-order chi connectivity index (χ1) is 9.81. The molecule has 2 aromatic rings. The van der Waals surface area contributed by atoms with E-state index in [0.29, 0.717) is 11.6 Å². The molecule has 5 N–H and O–H groups in total. The van der Waals surface area contributed by atoms with Gasteiger partial charge in [0, 0.05) is 17.7 Å². The van der Waals surface area contributed by atoms with Crippen LogP contribution in [0.4, 0.5) is 5.88 Å². The highest BCUT2D eigenvalue weighted by atomic mass is 16.5. The highest BCUT2D eigenvalue weighted by Gasteiger charge is 2.21. The number of nitrogens with one attached hydrogen (secondary N) is 1. The van der Waals surface area contributed by atoms with E-state index in [4.69, 9.17) is 20.8 Å². The molecular weight excluding hydrogens is 256 g/mol. The molecule has 6 heteroatoms. The Balaban J connectivity index is 1.84. The number of hydrogen-bond acceptors (Lipinski definition) is 6. The SMILES string of the molecule is NN=C1C=COC1c1ccc(-c2ccc(NN)o2)cc1. The molecule has 0 fully saturated rings. The third-order valence-corrected chi connectivity index (χ3v) is 3.12. The quantitative estimate of drug-likeness (QED) is 0.586. The molecule has 0 saturated heterocycles. The third kappa shape index (κ3) is 2.12. The summed E-state index contributed by atoms with van der Waals surface area (Å²) in [6, 6.07) is 11.4. The maximum Gasteiger partial charge on any atom is 0.207 e. The Labute approximate surface area is 115 Å². The minimum atomic E-state index is -0.244. The van der Waals surface area contributed by atoms with E-state index in [9.17, 15) is 0 Å². The fourth-order valence-corrected chi connectivity index (χ4v) is 2.10. The number of nitrogens with two attached hydrogens (primary N) is 2. The van der Waals surface area contributed by atoms with Crippen LogP contribution in [0.1, 0.15) is 11.7 Å². The molecule has 1 unspecified atom stereocenters. The molecule has 6 nitrogen and oxygen atoms in total. The highest BCUT2D eigenvalue weighted by Crippen LogP contribution is 2.29. The van der Waals surface area contributed by atoms with Crippen LogP contribution >= 0.6 is 0 Å². The van der Waals surface area contributed by atoms with E-state index < -0.39 is 0 Å². The number of benzene rings is 1. The Morgan fingerprint density at radius 1 is 1.10 bits per heavy atom. The van der Waals surface area contributed by atoms with Crippen molar-refractivity contribution in [2.45, 2.75) is 6.10 Å². The van der Waals surface area contributed by atoms with Crippen LogP contribution < -0.4 is 17.1 Å². The van der Waals surface area contributed by atoms with Crippen molar-refractivity contribution in [2.24, 2.45) is 16.8 Å². The predicted molar refractivity (Wildman–Crippen MR) is 76.5 cm³/mol. The Morgan fingerprint density at radius 3 is 2.55 bits per heavy atom. The van der Waals surface area contributed by atoms with Crippen molar-refractivity contribution in [3.63, 3.8) is 0 Å².